The second kappa shape index (κ2) is 11.6. The van der Waals surface area contributed by atoms with Gasteiger partial charge in [0.25, 0.3) is 0 Å². The molecule has 1 aliphatic rings. The van der Waals surface area contributed by atoms with Gasteiger partial charge in [-0.2, -0.15) is 0 Å². The molecule has 0 unspecified atom stereocenters. The second-order valence-electron chi connectivity index (χ2n) is 6.08. The van der Waals surface area contributed by atoms with E-state index in [-0.39, 0.29) is 30.8 Å². The van der Waals surface area contributed by atoms with E-state index in [0.717, 1.165) is 35.3 Å². The van der Waals surface area contributed by atoms with Gasteiger partial charge < -0.3 is 30.2 Å². The van der Waals surface area contributed by atoms with Crippen LogP contribution in [0.5, 0.6) is 11.5 Å². The van der Waals surface area contributed by atoms with Crippen LogP contribution in [-0.4, -0.2) is 40.1 Å². The Balaban J connectivity index is 0.00000280. The third-order valence-corrected chi connectivity index (χ3v) is 4.17. The van der Waals surface area contributed by atoms with Gasteiger partial charge in [0, 0.05) is 39.5 Å². The van der Waals surface area contributed by atoms with E-state index >= 15 is 0 Å². The third-order valence-electron chi connectivity index (χ3n) is 4.17. The summed E-state index contributed by atoms with van der Waals surface area (Å²) < 4.78 is 15.8. The van der Waals surface area contributed by atoms with Gasteiger partial charge in [0.05, 0.1) is 6.61 Å². The molecule has 28 heavy (non-hydrogen) atoms. The number of halogens is 1. The van der Waals surface area contributed by atoms with Crippen LogP contribution in [0, 0.1) is 0 Å². The Bertz CT molecular complexity index is 769. The number of rotatable bonds is 8. The molecule has 0 saturated heterocycles. The standard InChI is InChI=1S/C20H26N4O3.HI/c1-21-20(24-13-16-5-8-18-19(11-16)27-14-26-18)23-12-15-3-6-17(7-4-15)22-9-10-25-2;/h3-8,11,22H,9-10,12-14H2,1-2H3,(H2,21,23,24);1H. The highest BCUT2D eigenvalue weighted by molar-refractivity contribution is 14.0. The maximum absolute atomic E-state index is 5.41. The van der Waals surface area contributed by atoms with Crippen LogP contribution in [0.2, 0.25) is 0 Å². The van der Waals surface area contributed by atoms with Crippen LogP contribution >= 0.6 is 24.0 Å². The molecule has 1 aliphatic heterocycles. The van der Waals surface area contributed by atoms with E-state index in [1.54, 1.807) is 14.2 Å². The molecule has 0 radical (unpaired) electrons. The number of ether oxygens (including phenoxy) is 3. The molecule has 152 valence electrons. The summed E-state index contributed by atoms with van der Waals surface area (Å²) in [5.41, 5.74) is 3.37. The van der Waals surface area contributed by atoms with Crippen molar-refractivity contribution < 1.29 is 14.2 Å². The number of nitrogens with one attached hydrogen (secondary N) is 3. The van der Waals surface area contributed by atoms with E-state index in [1.165, 1.54) is 5.56 Å². The van der Waals surface area contributed by atoms with E-state index in [4.69, 9.17) is 14.2 Å². The average molecular weight is 498 g/mol. The Hall–Kier alpha value is -2.20. The van der Waals surface area contributed by atoms with E-state index in [0.29, 0.717) is 19.7 Å². The monoisotopic (exact) mass is 498 g/mol. The molecular formula is C20H27IN4O3. The van der Waals surface area contributed by atoms with Gasteiger partial charge in [-0.25, -0.2) is 0 Å². The Labute approximate surface area is 182 Å². The number of hydrogen-bond acceptors (Lipinski definition) is 5. The summed E-state index contributed by atoms with van der Waals surface area (Å²) in [6.45, 7) is 3.12. The van der Waals surface area contributed by atoms with Gasteiger partial charge in [0.15, 0.2) is 17.5 Å². The van der Waals surface area contributed by atoms with E-state index in [9.17, 15) is 0 Å². The van der Waals surface area contributed by atoms with E-state index < -0.39 is 0 Å². The maximum Gasteiger partial charge on any atom is 0.231 e. The zero-order chi connectivity index (χ0) is 18.9. The number of hydrogen-bond donors (Lipinski definition) is 3. The molecule has 2 aromatic rings. The largest absolute Gasteiger partial charge is 0.454 e. The molecule has 0 bridgehead atoms. The minimum absolute atomic E-state index is 0. The predicted octanol–water partition coefficient (Wildman–Crippen LogP) is 2.96. The number of nitrogens with zero attached hydrogens (tertiary/aromatic N) is 1. The van der Waals surface area contributed by atoms with Crippen molar-refractivity contribution in [3.05, 3.63) is 53.6 Å². The van der Waals surface area contributed by atoms with Gasteiger partial charge in [-0.1, -0.05) is 18.2 Å². The second-order valence-corrected chi connectivity index (χ2v) is 6.08. The highest BCUT2D eigenvalue weighted by Gasteiger charge is 2.13. The molecular weight excluding hydrogens is 471 g/mol. The summed E-state index contributed by atoms with van der Waals surface area (Å²) in [6, 6.07) is 14.2. The maximum atomic E-state index is 5.41. The molecule has 3 rings (SSSR count). The van der Waals surface area contributed by atoms with Crippen LogP contribution in [0.3, 0.4) is 0 Å². The molecule has 0 aromatic heterocycles. The van der Waals surface area contributed by atoms with Crippen molar-refractivity contribution in [3.63, 3.8) is 0 Å². The summed E-state index contributed by atoms with van der Waals surface area (Å²) in [5, 5.41) is 9.94. The van der Waals surface area contributed by atoms with Gasteiger partial charge in [-0.15, -0.1) is 24.0 Å². The number of guanidine groups is 1. The molecule has 0 amide bonds. The zero-order valence-corrected chi connectivity index (χ0v) is 18.5. The van der Waals surface area contributed by atoms with Crippen LogP contribution in [0.15, 0.2) is 47.5 Å². The number of anilines is 1. The SMILES string of the molecule is CN=C(NCc1ccc(NCCOC)cc1)NCc1ccc2c(c1)OCO2.I. The molecule has 0 fully saturated rings. The molecule has 3 N–H and O–H groups in total. The Kier molecular flexibility index (Phi) is 9.15. The first-order chi connectivity index (χ1) is 13.3. The Morgan fingerprint density at radius 1 is 1.00 bits per heavy atom. The van der Waals surface area contributed by atoms with Crippen LogP contribution in [0.1, 0.15) is 11.1 Å². The Morgan fingerprint density at radius 3 is 2.39 bits per heavy atom. The number of methoxy groups -OCH3 is 1. The van der Waals surface area contributed by atoms with Gasteiger partial charge in [0.1, 0.15) is 0 Å². The minimum Gasteiger partial charge on any atom is -0.454 e. The van der Waals surface area contributed by atoms with E-state index in [2.05, 4.69) is 45.2 Å². The summed E-state index contributed by atoms with van der Waals surface area (Å²) in [6.07, 6.45) is 0. The molecule has 8 heteroatoms. The molecule has 2 aromatic carbocycles. The van der Waals surface area contributed by atoms with Crippen molar-refractivity contribution >= 4 is 35.6 Å². The van der Waals surface area contributed by atoms with E-state index in [1.807, 2.05) is 18.2 Å². The normalized spacial score (nSPS) is 12.3. The number of benzene rings is 2. The molecule has 0 spiro atoms. The Morgan fingerprint density at radius 2 is 1.68 bits per heavy atom. The lowest BCUT2D eigenvalue weighted by molar-refractivity contribution is 0.174. The molecule has 7 nitrogen and oxygen atoms in total. The summed E-state index contributed by atoms with van der Waals surface area (Å²) in [5.74, 6) is 2.33. The quantitative estimate of drug-likeness (QED) is 0.225. The van der Waals surface area contributed by atoms with Crippen molar-refractivity contribution in [1.82, 2.24) is 10.6 Å². The van der Waals surface area contributed by atoms with Gasteiger partial charge in [-0.05, 0) is 35.4 Å². The van der Waals surface area contributed by atoms with Crippen molar-refractivity contribution in [1.29, 1.82) is 0 Å². The van der Waals surface area contributed by atoms with Crippen LogP contribution < -0.4 is 25.4 Å². The third kappa shape index (κ3) is 6.45. The first-order valence-electron chi connectivity index (χ1n) is 8.93. The lowest BCUT2D eigenvalue weighted by atomic mass is 10.2. The van der Waals surface area contributed by atoms with Crippen LogP contribution in [0.25, 0.3) is 0 Å². The van der Waals surface area contributed by atoms with Gasteiger partial charge >= 0.3 is 0 Å². The molecule has 0 atom stereocenters. The first kappa shape index (κ1) is 22.1. The summed E-state index contributed by atoms with van der Waals surface area (Å²) in [7, 11) is 3.46. The smallest absolute Gasteiger partial charge is 0.231 e. The minimum atomic E-state index is 0. The summed E-state index contributed by atoms with van der Waals surface area (Å²) in [4.78, 5) is 4.27. The molecule has 0 saturated carbocycles. The topological polar surface area (TPSA) is 76.1 Å². The molecule has 1 heterocycles. The lowest BCUT2D eigenvalue weighted by Crippen LogP contribution is -2.36. The fraction of sp³-hybridized carbons (Fsp3) is 0.350. The van der Waals surface area contributed by atoms with Crippen molar-refractivity contribution in [2.24, 2.45) is 4.99 Å². The predicted molar refractivity (Wildman–Crippen MR) is 122 cm³/mol. The fourth-order valence-corrected chi connectivity index (χ4v) is 2.68. The first-order valence-corrected chi connectivity index (χ1v) is 8.93. The van der Waals surface area contributed by atoms with Crippen molar-refractivity contribution in [3.8, 4) is 11.5 Å². The number of fused-ring (bicyclic) bond motifs is 1. The lowest BCUT2D eigenvalue weighted by Gasteiger charge is -2.13. The van der Waals surface area contributed by atoms with Gasteiger partial charge in [0.2, 0.25) is 6.79 Å². The van der Waals surface area contributed by atoms with Crippen molar-refractivity contribution in [2.45, 2.75) is 13.1 Å². The van der Waals surface area contributed by atoms with Crippen LogP contribution in [0.4, 0.5) is 5.69 Å². The number of aliphatic imine (C=N–C) groups is 1. The fourth-order valence-electron chi connectivity index (χ4n) is 2.68. The van der Waals surface area contributed by atoms with Crippen molar-refractivity contribution in [2.75, 3.05) is 39.4 Å². The summed E-state index contributed by atoms with van der Waals surface area (Å²) >= 11 is 0. The molecule has 0 aliphatic carbocycles. The highest BCUT2D eigenvalue weighted by Crippen LogP contribution is 2.32. The highest BCUT2D eigenvalue weighted by atomic mass is 127. The zero-order valence-electron chi connectivity index (χ0n) is 16.2. The van der Waals surface area contributed by atoms with Crippen LogP contribution in [-0.2, 0) is 17.8 Å². The van der Waals surface area contributed by atoms with Gasteiger partial charge in [-0.3, -0.25) is 4.99 Å². The average Bonchev–Trinajstić information content (AvgIpc) is 3.17.